The molecule has 0 fully saturated rings. The van der Waals surface area contributed by atoms with Gasteiger partial charge in [0, 0.05) is 12.1 Å². The molecule has 0 amide bonds. The van der Waals surface area contributed by atoms with E-state index in [0.717, 1.165) is 24.1 Å². The summed E-state index contributed by atoms with van der Waals surface area (Å²) in [6, 6.07) is 7.87. The molecule has 1 rings (SSSR count). The van der Waals surface area contributed by atoms with Crippen LogP contribution in [-0.2, 0) is 0 Å². The molecule has 2 N–H and O–H groups in total. The molecule has 0 atom stereocenters. The van der Waals surface area contributed by atoms with Gasteiger partial charge in [-0.25, -0.2) is 0 Å². The molecule has 1 aromatic carbocycles. The monoisotopic (exact) mass is 192 g/mol. The maximum atomic E-state index is 8.92. The van der Waals surface area contributed by atoms with E-state index in [1.807, 2.05) is 31.2 Å². The highest BCUT2D eigenvalue weighted by Gasteiger charge is 2.00. The molecule has 3 heteroatoms. The van der Waals surface area contributed by atoms with Crippen LogP contribution in [0.4, 0.5) is 0 Å². The molecule has 0 radical (unpaired) electrons. The molecule has 0 saturated carbocycles. The molecule has 14 heavy (non-hydrogen) atoms. The third-order valence-corrected chi connectivity index (χ3v) is 1.89. The summed E-state index contributed by atoms with van der Waals surface area (Å²) in [5.74, 6) is 0.538. The van der Waals surface area contributed by atoms with Gasteiger partial charge < -0.3 is 0 Å². The lowest BCUT2D eigenvalue weighted by Gasteiger charge is -2.05. The van der Waals surface area contributed by atoms with Crippen LogP contribution in [0.5, 0.6) is 0 Å². The summed E-state index contributed by atoms with van der Waals surface area (Å²) in [6.45, 7) is 4.78. The molecule has 0 bridgehead atoms. The SMILES string of the molecule is CCCN=C(NO)c1cccc(C)c1. The highest BCUT2D eigenvalue weighted by Crippen LogP contribution is 2.04. The number of nitrogens with one attached hydrogen (secondary N) is 1. The van der Waals surface area contributed by atoms with Gasteiger partial charge in [-0.05, 0) is 19.4 Å². The second kappa shape index (κ2) is 5.40. The van der Waals surface area contributed by atoms with E-state index in [1.165, 1.54) is 0 Å². The van der Waals surface area contributed by atoms with Crippen molar-refractivity contribution in [2.75, 3.05) is 6.54 Å². The summed E-state index contributed by atoms with van der Waals surface area (Å²) < 4.78 is 0. The van der Waals surface area contributed by atoms with Crippen LogP contribution >= 0.6 is 0 Å². The van der Waals surface area contributed by atoms with Gasteiger partial charge in [0.15, 0.2) is 5.84 Å². The third kappa shape index (κ3) is 2.85. The van der Waals surface area contributed by atoms with Crippen molar-refractivity contribution in [2.45, 2.75) is 20.3 Å². The first-order chi connectivity index (χ1) is 6.77. The van der Waals surface area contributed by atoms with Crippen molar-refractivity contribution in [3.63, 3.8) is 0 Å². The summed E-state index contributed by atoms with van der Waals surface area (Å²) >= 11 is 0. The molecule has 0 saturated heterocycles. The first kappa shape index (κ1) is 10.7. The molecule has 0 heterocycles. The Kier molecular flexibility index (Phi) is 4.13. The summed E-state index contributed by atoms with van der Waals surface area (Å²) in [6.07, 6.45) is 0.969. The highest BCUT2D eigenvalue weighted by molar-refractivity contribution is 5.98. The maximum Gasteiger partial charge on any atom is 0.152 e. The van der Waals surface area contributed by atoms with E-state index in [-0.39, 0.29) is 0 Å². The fourth-order valence-corrected chi connectivity index (χ4v) is 1.21. The Hall–Kier alpha value is -1.35. The van der Waals surface area contributed by atoms with Crippen LogP contribution in [0.25, 0.3) is 0 Å². The normalized spacial score (nSPS) is 11.5. The van der Waals surface area contributed by atoms with Crippen molar-refractivity contribution in [2.24, 2.45) is 4.99 Å². The Morgan fingerprint density at radius 3 is 2.86 bits per heavy atom. The van der Waals surface area contributed by atoms with E-state index >= 15 is 0 Å². The van der Waals surface area contributed by atoms with Gasteiger partial charge in [0.1, 0.15) is 0 Å². The predicted molar refractivity (Wildman–Crippen MR) is 57.8 cm³/mol. The molecule has 0 spiro atoms. The van der Waals surface area contributed by atoms with E-state index < -0.39 is 0 Å². The Balaban J connectivity index is 2.89. The van der Waals surface area contributed by atoms with E-state index in [9.17, 15) is 0 Å². The fraction of sp³-hybridized carbons (Fsp3) is 0.364. The van der Waals surface area contributed by atoms with Crippen molar-refractivity contribution in [3.05, 3.63) is 35.4 Å². The Bertz CT molecular complexity index is 321. The molecule has 0 aliphatic heterocycles. The topological polar surface area (TPSA) is 44.6 Å². The zero-order chi connectivity index (χ0) is 10.4. The lowest BCUT2D eigenvalue weighted by atomic mass is 10.1. The summed E-state index contributed by atoms with van der Waals surface area (Å²) in [7, 11) is 0. The number of nitrogens with zero attached hydrogens (tertiary/aromatic N) is 1. The van der Waals surface area contributed by atoms with E-state index in [4.69, 9.17) is 5.21 Å². The average molecular weight is 192 g/mol. The molecule has 0 unspecified atom stereocenters. The van der Waals surface area contributed by atoms with Gasteiger partial charge in [0.25, 0.3) is 0 Å². The lowest BCUT2D eigenvalue weighted by molar-refractivity contribution is 0.234. The molecule has 1 aromatic rings. The largest absolute Gasteiger partial charge is 0.290 e. The number of rotatable bonds is 3. The van der Waals surface area contributed by atoms with Crippen LogP contribution in [0.2, 0.25) is 0 Å². The average Bonchev–Trinajstić information content (AvgIpc) is 2.19. The molecular weight excluding hydrogens is 176 g/mol. The number of aliphatic imine (C=N–C) groups is 1. The minimum Gasteiger partial charge on any atom is -0.290 e. The molecule has 3 nitrogen and oxygen atoms in total. The minimum atomic E-state index is 0.538. The van der Waals surface area contributed by atoms with Crippen molar-refractivity contribution >= 4 is 5.84 Å². The minimum absolute atomic E-state index is 0.538. The van der Waals surface area contributed by atoms with Crippen LogP contribution in [0.15, 0.2) is 29.3 Å². The van der Waals surface area contributed by atoms with Crippen molar-refractivity contribution in [1.29, 1.82) is 0 Å². The second-order valence-corrected chi connectivity index (χ2v) is 3.21. The Morgan fingerprint density at radius 1 is 1.50 bits per heavy atom. The summed E-state index contributed by atoms with van der Waals surface area (Å²) in [5.41, 5.74) is 4.20. The molecule has 0 aromatic heterocycles. The van der Waals surface area contributed by atoms with Gasteiger partial charge in [0.05, 0.1) is 0 Å². The first-order valence-electron chi connectivity index (χ1n) is 4.79. The van der Waals surface area contributed by atoms with E-state index in [2.05, 4.69) is 17.4 Å². The van der Waals surface area contributed by atoms with Crippen LogP contribution in [0.1, 0.15) is 24.5 Å². The zero-order valence-electron chi connectivity index (χ0n) is 8.62. The second-order valence-electron chi connectivity index (χ2n) is 3.21. The fourth-order valence-electron chi connectivity index (χ4n) is 1.21. The summed E-state index contributed by atoms with van der Waals surface area (Å²) in [4.78, 5) is 4.23. The van der Waals surface area contributed by atoms with Crippen LogP contribution in [0, 0.1) is 6.92 Å². The lowest BCUT2D eigenvalue weighted by Crippen LogP contribution is -2.20. The van der Waals surface area contributed by atoms with Gasteiger partial charge >= 0.3 is 0 Å². The standard InChI is InChI=1S/C11H16N2O/c1-3-7-12-11(13-14)10-6-4-5-9(2)8-10/h4-6,8,14H,3,7H2,1-2H3,(H,12,13). The van der Waals surface area contributed by atoms with Crippen LogP contribution < -0.4 is 5.48 Å². The van der Waals surface area contributed by atoms with Crippen molar-refractivity contribution in [3.8, 4) is 0 Å². The zero-order valence-corrected chi connectivity index (χ0v) is 8.62. The predicted octanol–water partition coefficient (Wildman–Crippen LogP) is 2.13. The number of benzene rings is 1. The highest BCUT2D eigenvalue weighted by atomic mass is 16.5. The summed E-state index contributed by atoms with van der Waals surface area (Å²) in [5, 5.41) is 8.92. The first-order valence-corrected chi connectivity index (χ1v) is 4.79. The molecule has 0 aliphatic rings. The number of hydrogen-bond donors (Lipinski definition) is 2. The number of aryl methyl sites for hydroxylation is 1. The van der Waals surface area contributed by atoms with Gasteiger partial charge in [-0.15, -0.1) is 0 Å². The van der Waals surface area contributed by atoms with Gasteiger partial charge in [-0.3, -0.25) is 15.7 Å². The number of hydrogen-bond acceptors (Lipinski definition) is 2. The number of hydroxylamine groups is 1. The van der Waals surface area contributed by atoms with Gasteiger partial charge in [-0.2, -0.15) is 0 Å². The molecule has 0 aliphatic carbocycles. The molecular formula is C11H16N2O. The Morgan fingerprint density at radius 2 is 2.29 bits per heavy atom. The van der Waals surface area contributed by atoms with Crippen LogP contribution in [0.3, 0.4) is 0 Å². The van der Waals surface area contributed by atoms with E-state index in [0.29, 0.717) is 5.84 Å². The third-order valence-electron chi connectivity index (χ3n) is 1.89. The van der Waals surface area contributed by atoms with Gasteiger partial charge in [0.2, 0.25) is 0 Å². The quantitative estimate of drug-likeness (QED) is 0.438. The van der Waals surface area contributed by atoms with Crippen LogP contribution in [-0.4, -0.2) is 17.6 Å². The smallest absolute Gasteiger partial charge is 0.152 e. The Labute approximate surface area is 84.4 Å². The maximum absolute atomic E-state index is 8.92. The molecule has 76 valence electrons. The van der Waals surface area contributed by atoms with E-state index in [1.54, 1.807) is 0 Å². The van der Waals surface area contributed by atoms with Gasteiger partial charge in [-0.1, -0.05) is 30.7 Å². The van der Waals surface area contributed by atoms with Crippen molar-refractivity contribution in [1.82, 2.24) is 5.48 Å². The van der Waals surface area contributed by atoms with Crippen molar-refractivity contribution < 1.29 is 5.21 Å². The number of amidine groups is 1.